The lowest BCUT2D eigenvalue weighted by atomic mass is 10.1. The van der Waals surface area contributed by atoms with E-state index in [0.717, 1.165) is 11.3 Å². The normalized spacial score (nSPS) is 10.7. The van der Waals surface area contributed by atoms with Crippen LogP contribution in [0.25, 0.3) is 22.3 Å². The molecule has 4 rings (SSSR count). The lowest BCUT2D eigenvalue weighted by molar-refractivity contribution is 0.475. The van der Waals surface area contributed by atoms with E-state index >= 15 is 0 Å². The van der Waals surface area contributed by atoms with Crippen LogP contribution in [0.4, 0.5) is 0 Å². The first-order chi connectivity index (χ1) is 12.2. The monoisotopic (exact) mass is 330 g/mol. The molecular formula is C21H14O4. The number of rotatable bonds is 3. The van der Waals surface area contributed by atoms with Crippen molar-refractivity contribution in [3.63, 3.8) is 0 Å². The molecule has 0 aliphatic rings. The molecule has 1 aromatic heterocycles. The minimum absolute atomic E-state index is 0.0332. The molecule has 0 atom stereocenters. The standard InChI is InChI=1S/C21H14O4/c22-15-9-10-20-18(12-15)19(23)13-21(25-20)14-5-4-8-17(11-14)24-16-6-2-1-3-7-16/h1-13,22H. The Kier molecular flexibility index (Phi) is 3.71. The molecule has 0 unspecified atom stereocenters. The van der Waals surface area contributed by atoms with Crippen LogP contribution in [0.2, 0.25) is 0 Å². The Morgan fingerprint density at radius 3 is 2.44 bits per heavy atom. The smallest absolute Gasteiger partial charge is 0.193 e. The van der Waals surface area contributed by atoms with E-state index < -0.39 is 0 Å². The first kappa shape index (κ1) is 15.0. The highest BCUT2D eigenvalue weighted by Crippen LogP contribution is 2.28. The highest BCUT2D eigenvalue weighted by Gasteiger charge is 2.09. The Hall–Kier alpha value is -3.53. The predicted octanol–water partition coefficient (Wildman–Crippen LogP) is 4.96. The first-order valence-electron chi connectivity index (χ1n) is 7.79. The molecule has 0 saturated carbocycles. The minimum atomic E-state index is -0.207. The van der Waals surface area contributed by atoms with Crippen molar-refractivity contribution in [3.8, 4) is 28.6 Å². The van der Waals surface area contributed by atoms with E-state index in [-0.39, 0.29) is 11.2 Å². The number of hydrogen-bond donors (Lipinski definition) is 1. The Labute approximate surface area is 143 Å². The zero-order chi connectivity index (χ0) is 17.2. The fourth-order valence-electron chi connectivity index (χ4n) is 2.62. The number of phenolic OH excluding ortho intramolecular Hbond substituents is 1. The summed E-state index contributed by atoms with van der Waals surface area (Å²) in [4.78, 5) is 12.3. The van der Waals surface area contributed by atoms with Gasteiger partial charge in [0.15, 0.2) is 5.43 Å². The fourth-order valence-corrected chi connectivity index (χ4v) is 2.62. The molecule has 25 heavy (non-hydrogen) atoms. The molecular weight excluding hydrogens is 316 g/mol. The van der Waals surface area contributed by atoms with Gasteiger partial charge in [0.25, 0.3) is 0 Å². The van der Waals surface area contributed by atoms with E-state index in [1.807, 2.05) is 54.6 Å². The minimum Gasteiger partial charge on any atom is -0.508 e. The summed E-state index contributed by atoms with van der Waals surface area (Å²) in [7, 11) is 0. The third kappa shape index (κ3) is 3.10. The number of aromatic hydroxyl groups is 1. The summed E-state index contributed by atoms with van der Waals surface area (Å²) in [6, 6.07) is 22.7. The van der Waals surface area contributed by atoms with Gasteiger partial charge >= 0.3 is 0 Å². The summed E-state index contributed by atoms with van der Waals surface area (Å²) in [6.07, 6.45) is 0. The van der Waals surface area contributed by atoms with E-state index in [4.69, 9.17) is 9.15 Å². The molecule has 0 aliphatic heterocycles. The molecule has 0 spiro atoms. The SMILES string of the molecule is O=c1cc(-c2cccc(Oc3ccccc3)c2)oc2ccc(O)cc12. The second-order valence-corrected chi connectivity index (χ2v) is 5.60. The van der Waals surface area contributed by atoms with Crippen LogP contribution >= 0.6 is 0 Å². The highest BCUT2D eigenvalue weighted by molar-refractivity contribution is 5.80. The Morgan fingerprint density at radius 2 is 1.60 bits per heavy atom. The number of benzene rings is 3. The maximum absolute atomic E-state index is 12.3. The zero-order valence-electron chi connectivity index (χ0n) is 13.2. The molecule has 4 aromatic rings. The van der Waals surface area contributed by atoms with E-state index in [2.05, 4.69) is 0 Å². The van der Waals surface area contributed by atoms with Gasteiger partial charge in [-0.1, -0.05) is 30.3 Å². The van der Waals surface area contributed by atoms with Gasteiger partial charge in [-0.3, -0.25) is 4.79 Å². The van der Waals surface area contributed by atoms with Gasteiger partial charge in [0.1, 0.15) is 28.6 Å². The maximum Gasteiger partial charge on any atom is 0.193 e. The van der Waals surface area contributed by atoms with Gasteiger partial charge in [-0.25, -0.2) is 0 Å². The van der Waals surface area contributed by atoms with Crippen molar-refractivity contribution in [2.75, 3.05) is 0 Å². The van der Waals surface area contributed by atoms with Crippen molar-refractivity contribution in [1.82, 2.24) is 0 Å². The molecule has 0 aliphatic carbocycles. The molecule has 0 saturated heterocycles. The second-order valence-electron chi connectivity index (χ2n) is 5.60. The van der Waals surface area contributed by atoms with Crippen molar-refractivity contribution in [1.29, 1.82) is 0 Å². The zero-order valence-corrected chi connectivity index (χ0v) is 13.2. The molecule has 1 N–H and O–H groups in total. The van der Waals surface area contributed by atoms with Crippen LogP contribution in [0, 0.1) is 0 Å². The van der Waals surface area contributed by atoms with Gasteiger partial charge in [0.05, 0.1) is 5.39 Å². The van der Waals surface area contributed by atoms with Crippen LogP contribution in [0.1, 0.15) is 0 Å². The van der Waals surface area contributed by atoms with Crippen LogP contribution in [0.15, 0.2) is 88.1 Å². The summed E-state index contributed by atoms with van der Waals surface area (Å²) in [5.41, 5.74) is 0.955. The van der Waals surface area contributed by atoms with Crippen molar-refractivity contribution in [2.24, 2.45) is 0 Å². The largest absolute Gasteiger partial charge is 0.508 e. The average Bonchev–Trinajstić information content (AvgIpc) is 2.63. The highest BCUT2D eigenvalue weighted by atomic mass is 16.5. The van der Waals surface area contributed by atoms with Crippen molar-refractivity contribution >= 4 is 11.0 Å². The summed E-state index contributed by atoms with van der Waals surface area (Å²) in [5.74, 6) is 1.86. The molecule has 122 valence electrons. The van der Waals surface area contributed by atoms with Gasteiger partial charge < -0.3 is 14.3 Å². The predicted molar refractivity (Wildman–Crippen MR) is 96.1 cm³/mol. The van der Waals surface area contributed by atoms with E-state index in [1.54, 1.807) is 6.07 Å². The topological polar surface area (TPSA) is 59.7 Å². The lowest BCUT2D eigenvalue weighted by Gasteiger charge is -2.08. The van der Waals surface area contributed by atoms with Crippen molar-refractivity contribution < 1.29 is 14.3 Å². The van der Waals surface area contributed by atoms with Crippen LogP contribution in [0.5, 0.6) is 17.2 Å². The number of phenols is 1. The van der Waals surface area contributed by atoms with Crippen LogP contribution in [-0.2, 0) is 0 Å². The molecule has 4 nitrogen and oxygen atoms in total. The first-order valence-corrected chi connectivity index (χ1v) is 7.79. The van der Waals surface area contributed by atoms with Crippen molar-refractivity contribution in [3.05, 3.63) is 89.1 Å². The molecule has 3 aromatic carbocycles. The van der Waals surface area contributed by atoms with Crippen LogP contribution < -0.4 is 10.2 Å². The molecule has 0 radical (unpaired) electrons. The Bertz CT molecular complexity index is 1100. The molecule has 4 heteroatoms. The number of ether oxygens (including phenoxy) is 1. The van der Waals surface area contributed by atoms with Gasteiger partial charge in [0, 0.05) is 11.6 Å². The van der Waals surface area contributed by atoms with Crippen LogP contribution in [0.3, 0.4) is 0 Å². The summed E-state index contributed by atoms with van der Waals surface area (Å²) < 4.78 is 11.6. The average molecular weight is 330 g/mol. The molecule has 0 amide bonds. The third-order valence-electron chi connectivity index (χ3n) is 3.81. The van der Waals surface area contributed by atoms with E-state index in [0.29, 0.717) is 22.5 Å². The number of hydrogen-bond acceptors (Lipinski definition) is 4. The van der Waals surface area contributed by atoms with Gasteiger partial charge in [-0.05, 0) is 42.5 Å². The molecule has 1 heterocycles. The lowest BCUT2D eigenvalue weighted by Crippen LogP contribution is -2.00. The summed E-state index contributed by atoms with van der Waals surface area (Å²) in [5, 5.41) is 9.87. The fraction of sp³-hybridized carbons (Fsp3) is 0. The van der Waals surface area contributed by atoms with E-state index in [1.165, 1.54) is 18.2 Å². The Morgan fingerprint density at radius 1 is 0.800 bits per heavy atom. The second kappa shape index (κ2) is 6.17. The Balaban J connectivity index is 1.75. The third-order valence-corrected chi connectivity index (χ3v) is 3.81. The molecule has 0 bridgehead atoms. The molecule has 0 fully saturated rings. The van der Waals surface area contributed by atoms with Gasteiger partial charge in [-0.15, -0.1) is 0 Å². The number of fused-ring (bicyclic) bond motifs is 1. The van der Waals surface area contributed by atoms with Gasteiger partial charge in [-0.2, -0.15) is 0 Å². The van der Waals surface area contributed by atoms with Gasteiger partial charge in [0.2, 0.25) is 0 Å². The van der Waals surface area contributed by atoms with E-state index in [9.17, 15) is 9.90 Å². The quantitative estimate of drug-likeness (QED) is 0.577. The number of para-hydroxylation sites is 1. The van der Waals surface area contributed by atoms with Crippen molar-refractivity contribution in [2.45, 2.75) is 0 Å². The maximum atomic E-state index is 12.3. The summed E-state index contributed by atoms with van der Waals surface area (Å²) >= 11 is 0. The van der Waals surface area contributed by atoms with Crippen LogP contribution in [-0.4, -0.2) is 5.11 Å². The summed E-state index contributed by atoms with van der Waals surface area (Å²) in [6.45, 7) is 0.